The zero-order chi connectivity index (χ0) is 11.6. The second-order valence-corrected chi connectivity index (χ2v) is 5.28. The summed E-state index contributed by atoms with van der Waals surface area (Å²) in [6, 6.07) is 0. The van der Waals surface area contributed by atoms with Crippen LogP contribution in [0.15, 0.2) is 0 Å². The van der Waals surface area contributed by atoms with Gasteiger partial charge in [0.1, 0.15) is 5.60 Å². The third-order valence-electron chi connectivity index (χ3n) is 3.40. The van der Waals surface area contributed by atoms with Crippen molar-refractivity contribution in [3.63, 3.8) is 0 Å². The van der Waals surface area contributed by atoms with Gasteiger partial charge in [0.2, 0.25) is 0 Å². The van der Waals surface area contributed by atoms with Gasteiger partial charge < -0.3 is 9.84 Å². The van der Waals surface area contributed by atoms with Gasteiger partial charge in [0.05, 0.1) is 6.10 Å². The van der Waals surface area contributed by atoms with E-state index in [4.69, 9.17) is 4.74 Å². The van der Waals surface area contributed by atoms with E-state index in [0.29, 0.717) is 12.3 Å². The van der Waals surface area contributed by atoms with E-state index in [0.717, 1.165) is 12.8 Å². The van der Waals surface area contributed by atoms with Gasteiger partial charge >= 0.3 is 5.97 Å². The van der Waals surface area contributed by atoms with E-state index < -0.39 is 5.60 Å². The lowest BCUT2D eigenvalue weighted by Crippen LogP contribution is -2.37. The maximum atomic E-state index is 11.6. The zero-order valence-corrected chi connectivity index (χ0v) is 10.1. The molecule has 1 saturated carbocycles. The molecule has 0 aromatic heterocycles. The molecule has 0 amide bonds. The van der Waals surface area contributed by atoms with Crippen molar-refractivity contribution in [3.05, 3.63) is 0 Å². The molecule has 3 unspecified atom stereocenters. The van der Waals surface area contributed by atoms with Crippen LogP contribution in [0.1, 0.15) is 47.0 Å². The van der Waals surface area contributed by atoms with Gasteiger partial charge in [-0.2, -0.15) is 0 Å². The predicted octanol–water partition coefficient (Wildman–Crippen LogP) is 2.13. The van der Waals surface area contributed by atoms with Crippen molar-refractivity contribution in [2.45, 2.75) is 58.7 Å². The minimum Gasteiger partial charge on any atom is -0.459 e. The van der Waals surface area contributed by atoms with Crippen molar-refractivity contribution in [3.8, 4) is 0 Å². The molecule has 0 bridgehead atoms. The van der Waals surface area contributed by atoms with E-state index >= 15 is 0 Å². The molecule has 0 aromatic carbocycles. The average molecular weight is 214 g/mol. The highest BCUT2D eigenvalue weighted by Crippen LogP contribution is 2.38. The second-order valence-electron chi connectivity index (χ2n) is 5.28. The van der Waals surface area contributed by atoms with Crippen molar-refractivity contribution in [2.75, 3.05) is 0 Å². The molecule has 15 heavy (non-hydrogen) atoms. The number of hydrogen-bond donors (Lipinski definition) is 1. The summed E-state index contributed by atoms with van der Waals surface area (Å²) >= 11 is 0. The third-order valence-corrected chi connectivity index (χ3v) is 3.40. The third kappa shape index (κ3) is 2.94. The molecular formula is C12H22O3. The topological polar surface area (TPSA) is 46.5 Å². The first-order valence-electron chi connectivity index (χ1n) is 5.75. The van der Waals surface area contributed by atoms with Crippen LogP contribution in [-0.2, 0) is 9.53 Å². The minimum absolute atomic E-state index is 0.0358. The average Bonchev–Trinajstić information content (AvgIpc) is 2.32. The summed E-state index contributed by atoms with van der Waals surface area (Å²) in [7, 11) is 0. The summed E-state index contributed by atoms with van der Waals surface area (Å²) in [6.45, 7) is 7.86. The molecule has 1 fully saturated rings. The molecule has 1 aliphatic rings. The first-order chi connectivity index (χ1) is 6.85. The number of ether oxygens (including phenoxy) is 1. The van der Waals surface area contributed by atoms with Crippen LogP contribution in [0.5, 0.6) is 0 Å². The number of carbonyl (C=O) groups excluding carboxylic acids is 1. The van der Waals surface area contributed by atoms with E-state index in [9.17, 15) is 9.90 Å². The number of aliphatic hydroxyl groups is 1. The molecule has 3 atom stereocenters. The first-order valence-corrected chi connectivity index (χ1v) is 5.75. The van der Waals surface area contributed by atoms with E-state index in [1.54, 1.807) is 0 Å². The van der Waals surface area contributed by atoms with Crippen LogP contribution < -0.4 is 0 Å². The Morgan fingerprint density at radius 2 is 2.20 bits per heavy atom. The molecule has 1 N–H and O–H groups in total. The molecule has 1 aliphatic carbocycles. The van der Waals surface area contributed by atoms with Gasteiger partial charge in [-0.05, 0) is 25.7 Å². The fourth-order valence-electron chi connectivity index (χ4n) is 2.10. The molecule has 1 rings (SSSR count). The molecule has 3 nitrogen and oxygen atoms in total. The van der Waals surface area contributed by atoms with Crippen LogP contribution in [-0.4, -0.2) is 22.8 Å². The van der Waals surface area contributed by atoms with Gasteiger partial charge in [-0.15, -0.1) is 0 Å². The van der Waals surface area contributed by atoms with Crippen molar-refractivity contribution in [1.82, 2.24) is 0 Å². The summed E-state index contributed by atoms with van der Waals surface area (Å²) in [6.07, 6.45) is 1.62. The summed E-state index contributed by atoms with van der Waals surface area (Å²) in [5.41, 5.74) is -0.467. The zero-order valence-electron chi connectivity index (χ0n) is 10.1. The Hall–Kier alpha value is -0.570. The van der Waals surface area contributed by atoms with Gasteiger partial charge in [-0.3, -0.25) is 4.79 Å². The fraction of sp³-hybridized carbons (Fsp3) is 0.917. The number of aliphatic hydroxyl groups excluding tert-OH is 1. The quantitative estimate of drug-likeness (QED) is 0.732. The smallest absolute Gasteiger partial charge is 0.306 e. The summed E-state index contributed by atoms with van der Waals surface area (Å²) in [5.74, 6) is 0.213. The lowest BCUT2D eigenvalue weighted by molar-refractivity contribution is -0.163. The molecular weight excluding hydrogens is 192 g/mol. The second kappa shape index (κ2) is 4.52. The monoisotopic (exact) mass is 214 g/mol. The number of esters is 1. The van der Waals surface area contributed by atoms with E-state index in [1.165, 1.54) is 0 Å². The Morgan fingerprint density at radius 1 is 1.60 bits per heavy atom. The molecule has 3 heteroatoms. The largest absolute Gasteiger partial charge is 0.459 e. The summed E-state index contributed by atoms with van der Waals surface area (Å²) in [5, 5.41) is 9.64. The molecule has 0 spiro atoms. The highest BCUT2D eigenvalue weighted by molar-refractivity contribution is 5.70. The van der Waals surface area contributed by atoms with Gasteiger partial charge in [-0.25, -0.2) is 0 Å². The maximum absolute atomic E-state index is 11.6. The lowest BCUT2D eigenvalue weighted by Gasteiger charge is -2.30. The first kappa shape index (κ1) is 12.5. The molecule has 0 heterocycles. The van der Waals surface area contributed by atoms with Crippen LogP contribution in [0.3, 0.4) is 0 Å². The molecule has 0 aromatic rings. The van der Waals surface area contributed by atoms with Crippen LogP contribution in [0.4, 0.5) is 0 Å². The Kier molecular flexibility index (Phi) is 3.77. The minimum atomic E-state index is -0.467. The van der Waals surface area contributed by atoms with Crippen LogP contribution in [0.25, 0.3) is 0 Å². The highest BCUT2D eigenvalue weighted by Gasteiger charge is 2.44. The fourth-order valence-corrected chi connectivity index (χ4v) is 2.10. The van der Waals surface area contributed by atoms with Gasteiger partial charge in [0, 0.05) is 12.3 Å². The predicted molar refractivity (Wildman–Crippen MR) is 58.4 cm³/mol. The van der Waals surface area contributed by atoms with E-state index in [-0.39, 0.29) is 18.0 Å². The SMILES string of the molecule is CC(C)CC(=O)OC1(C)CCC(O)C1C. The van der Waals surface area contributed by atoms with Crippen LogP contribution in [0, 0.1) is 11.8 Å². The Bertz CT molecular complexity index is 237. The lowest BCUT2D eigenvalue weighted by atomic mass is 9.93. The summed E-state index contributed by atoms with van der Waals surface area (Å²) in [4.78, 5) is 11.6. The molecule has 0 radical (unpaired) electrons. The van der Waals surface area contributed by atoms with Crippen molar-refractivity contribution < 1.29 is 14.6 Å². The van der Waals surface area contributed by atoms with Crippen molar-refractivity contribution in [2.24, 2.45) is 11.8 Å². The van der Waals surface area contributed by atoms with Crippen LogP contribution >= 0.6 is 0 Å². The van der Waals surface area contributed by atoms with Gasteiger partial charge in [0.15, 0.2) is 0 Å². The van der Waals surface area contributed by atoms with Gasteiger partial charge in [-0.1, -0.05) is 20.8 Å². The summed E-state index contributed by atoms with van der Waals surface area (Å²) < 4.78 is 5.49. The van der Waals surface area contributed by atoms with Crippen LogP contribution in [0.2, 0.25) is 0 Å². The van der Waals surface area contributed by atoms with Gasteiger partial charge in [0.25, 0.3) is 0 Å². The van der Waals surface area contributed by atoms with Crippen molar-refractivity contribution in [1.29, 1.82) is 0 Å². The maximum Gasteiger partial charge on any atom is 0.306 e. The normalized spacial score (nSPS) is 35.9. The number of rotatable bonds is 3. The highest BCUT2D eigenvalue weighted by atomic mass is 16.6. The van der Waals surface area contributed by atoms with E-state index in [2.05, 4.69) is 0 Å². The van der Waals surface area contributed by atoms with Crippen molar-refractivity contribution >= 4 is 5.97 Å². The Balaban J connectivity index is 2.53. The number of carbonyl (C=O) groups is 1. The van der Waals surface area contributed by atoms with E-state index in [1.807, 2.05) is 27.7 Å². The Labute approximate surface area is 91.8 Å². The molecule has 88 valence electrons. The molecule has 0 saturated heterocycles. The standard InChI is InChI=1S/C12H22O3/c1-8(2)7-11(14)15-12(4)6-5-10(13)9(12)3/h8-10,13H,5-7H2,1-4H3. The molecule has 0 aliphatic heterocycles. The Morgan fingerprint density at radius 3 is 2.60 bits per heavy atom. The number of hydrogen-bond acceptors (Lipinski definition) is 3.